The topological polar surface area (TPSA) is 91.4 Å². The summed E-state index contributed by atoms with van der Waals surface area (Å²) in [4.78, 5) is 15.9. The van der Waals surface area contributed by atoms with Crippen LogP contribution in [-0.4, -0.2) is 43.7 Å². The fourth-order valence-corrected chi connectivity index (χ4v) is 10.7. The minimum absolute atomic E-state index is 0.0874. The second-order valence-corrected chi connectivity index (χ2v) is 24.3. The van der Waals surface area contributed by atoms with Gasteiger partial charge in [0.05, 0.1) is 17.5 Å². The standard InChI is InChI=1S/C45H51FNO7PSSi/c1-45(2,3)57(6,7)54-40(34-18-23-36(46)24-19-34)28-29-56(50)43-42(47(44(43)48)37-16-12-9-13-17-37)39-27-22-35(30-41(39)53-31-32-14-10-8-11-15-32)33-20-25-38(26-21-33)55(49,51-4)52-5/h8-27,30,40,42-43H,28-29,31H2,1-7H3/t40-,42+,43+,56?/m0/s1. The van der Waals surface area contributed by atoms with Crippen LogP contribution in [0.3, 0.4) is 0 Å². The zero-order valence-corrected chi connectivity index (χ0v) is 36.2. The van der Waals surface area contributed by atoms with Crippen LogP contribution in [0.1, 0.15) is 56.0 Å². The molecule has 1 fully saturated rings. The molecule has 0 aliphatic carbocycles. The zero-order valence-electron chi connectivity index (χ0n) is 33.5. The van der Waals surface area contributed by atoms with E-state index >= 15 is 0 Å². The lowest BCUT2D eigenvalue weighted by atomic mass is 9.90. The molecule has 0 saturated carbocycles. The molecule has 0 aromatic heterocycles. The third-order valence-corrected chi connectivity index (χ3v) is 19.0. The van der Waals surface area contributed by atoms with E-state index in [0.717, 1.165) is 27.8 Å². The number of β-lactam (4-membered cyclic amide) rings is 1. The van der Waals surface area contributed by atoms with Crippen LogP contribution in [0, 0.1) is 5.82 Å². The quantitative estimate of drug-likeness (QED) is 0.0556. The van der Waals surface area contributed by atoms with Gasteiger partial charge in [-0.25, -0.2) is 4.39 Å². The molecule has 0 bridgehead atoms. The summed E-state index contributed by atoms with van der Waals surface area (Å²) in [7, 11) is -4.65. The Hall–Kier alpha value is -4.22. The molecule has 1 unspecified atom stereocenters. The minimum atomic E-state index is -3.44. The first-order valence-corrected chi connectivity index (χ1v) is 24.8. The van der Waals surface area contributed by atoms with Gasteiger partial charge in [-0.3, -0.25) is 13.6 Å². The van der Waals surface area contributed by atoms with Crippen molar-refractivity contribution in [2.75, 3.05) is 24.9 Å². The first kappa shape index (κ1) is 42.4. The van der Waals surface area contributed by atoms with Crippen LogP contribution < -0.4 is 14.9 Å². The lowest BCUT2D eigenvalue weighted by molar-refractivity contribution is -0.123. The van der Waals surface area contributed by atoms with Gasteiger partial charge in [0, 0.05) is 42.0 Å². The van der Waals surface area contributed by atoms with E-state index in [0.29, 0.717) is 23.2 Å². The Kier molecular flexibility index (Phi) is 13.2. The summed E-state index contributed by atoms with van der Waals surface area (Å²) in [6.07, 6.45) is -0.0377. The summed E-state index contributed by atoms with van der Waals surface area (Å²) >= 11 is 0. The van der Waals surface area contributed by atoms with Crippen LogP contribution in [-0.2, 0) is 40.2 Å². The van der Waals surface area contributed by atoms with E-state index in [1.165, 1.54) is 26.4 Å². The van der Waals surface area contributed by atoms with E-state index in [1.807, 2.05) is 91.0 Å². The monoisotopic (exact) mass is 827 g/mol. The molecule has 1 amide bonds. The SMILES string of the molecule is COP(=O)(OC)c1ccc(-c2ccc([C@@H]3[C@@H](S(=O)CC[C@H](O[Si](C)(C)C(C)(C)C)c4ccc(F)cc4)C(=O)N3c3ccccc3)c(OCc3ccccc3)c2)cc1. The van der Waals surface area contributed by atoms with Crippen LogP contribution in [0.4, 0.5) is 10.1 Å². The molecule has 12 heteroatoms. The van der Waals surface area contributed by atoms with Crippen LogP contribution in [0.5, 0.6) is 5.75 Å². The van der Waals surface area contributed by atoms with Gasteiger partial charge in [0.2, 0.25) is 5.91 Å². The summed E-state index contributed by atoms with van der Waals surface area (Å²) in [6, 6.07) is 37.9. The molecule has 6 rings (SSSR count). The average Bonchev–Trinajstić information content (AvgIpc) is 3.21. The summed E-state index contributed by atoms with van der Waals surface area (Å²) in [5.74, 6) is 0.172. The lowest BCUT2D eigenvalue weighted by Gasteiger charge is -2.47. The molecular weight excluding hydrogens is 777 g/mol. The van der Waals surface area contributed by atoms with E-state index in [-0.39, 0.29) is 29.1 Å². The third kappa shape index (κ3) is 9.41. The van der Waals surface area contributed by atoms with Crippen LogP contribution >= 0.6 is 7.60 Å². The van der Waals surface area contributed by atoms with Crippen molar-refractivity contribution in [3.63, 3.8) is 0 Å². The molecule has 1 aliphatic rings. The number of benzene rings is 5. The molecule has 1 aliphatic heterocycles. The van der Waals surface area contributed by atoms with Crippen molar-refractivity contribution < 1.29 is 36.2 Å². The minimum Gasteiger partial charge on any atom is -0.489 e. The number of rotatable bonds is 16. The molecule has 1 saturated heterocycles. The molecule has 8 nitrogen and oxygen atoms in total. The van der Waals surface area contributed by atoms with Gasteiger partial charge in [0.25, 0.3) is 0 Å². The summed E-state index contributed by atoms with van der Waals surface area (Å²) in [6.45, 7) is 11.1. The van der Waals surface area contributed by atoms with Crippen molar-refractivity contribution in [1.82, 2.24) is 0 Å². The number of nitrogens with zero attached hydrogens (tertiary/aromatic N) is 1. The number of para-hydroxylation sites is 1. The molecule has 5 aromatic rings. The number of carbonyl (C=O) groups is 1. The Balaban J connectivity index is 1.36. The van der Waals surface area contributed by atoms with Crippen LogP contribution in [0.2, 0.25) is 18.1 Å². The van der Waals surface area contributed by atoms with Crippen LogP contribution in [0.15, 0.2) is 127 Å². The third-order valence-electron chi connectivity index (χ3n) is 11.0. The Morgan fingerprint density at radius 3 is 2.02 bits per heavy atom. The molecule has 0 radical (unpaired) electrons. The smallest absolute Gasteiger partial charge is 0.360 e. The number of ether oxygens (including phenoxy) is 1. The Bertz CT molecular complexity index is 2210. The fraction of sp³-hybridized carbons (Fsp3) is 0.311. The molecule has 0 spiro atoms. The van der Waals surface area contributed by atoms with Gasteiger partial charge >= 0.3 is 7.60 Å². The maximum atomic E-state index is 14.6. The molecule has 5 aromatic carbocycles. The molecule has 0 N–H and O–H groups in total. The first-order valence-electron chi connectivity index (χ1n) is 19.0. The van der Waals surface area contributed by atoms with E-state index in [9.17, 15) is 18.0 Å². The maximum Gasteiger partial charge on any atom is 0.360 e. The van der Waals surface area contributed by atoms with Crippen molar-refractivity contribution in [2.45, 2.75) is 69.3 Å². The first-order chi connectivity index (χ1) is 27.2. The van der Waals surface area contributed by atoms with E-state index in [4.69, 9.17) is 18.2 Å². The second-order valence-electron chi connectivity index (χ2n) is 15.6. The highest BCUT2D eigenvalue weighted by atomic mass is 32.2. The Morgan fingerprint density at radius 2 is 1.42 bits per heavy atom. The number of anilines is 1. The number of hydrogen-bond acceptors (Lipinski definition) is 7. The van der Waals surface area contributed by atoms with Crippen molar-refractivity contribution >= 4 is 43.6 Å². The van der Waals surface area contributed by atoms with Crippen molar-refractivity contribution in [2.24, 2.45) is 0 Å². The van der Waals surface area contributed by atoms with Crippen molar-refractivity contribution in [3.05, 3.63) is 150 Å². The van der Waals surface area contributed by atoms with Crippen molar-refractivity contribution in [1.29, 1.82) is 0 Å². The van der Waals surface area contributed by atoms with Gasteiger partial charge in [-0.15, -0.1) is 0 Å². The highest BCUT2D eigenvalue weighted by Gasteiger charge is 2.53. The van der Waals surface area contributed by atoms with E-state index in [2.05, 4.69) is 33.9 Å². The summed E-state index contributed by atoms with van der Waals surface area (Å²) < 4.78 is 65.4. The van der Waals surface area contributed by atoms with Gasteiger partial charge in [0.15, 0.2) is 8.32 Å². The van der Waals surface area contributed by atoms with Gasteiger partial charge in [-0.2, -0.15) is 0 Å². The zero-order chi connectivity index (χ0) is 41.0. The summed E-state index contributed by atoms with van der Waals surface area (Å²) in [5, 5.41) is -0.509. The number of amides is 1. The Morgan fingerprint density at radius 1 is 0.825 bits per heavy atom. The summed E-state index contributed by atoms with van der Waals surface area (Å²) in [5.41, 5.74) is 4.87. The normalized spacial score (nSPS) is 17.2. The van der Waals surface area contributed by atoms with Gasteiger partial charge in [0.1, 0.15) is 23.4 Å². The highest BCUT2D eigenvalue weighted by molar-refractivity contribution is 7.86. The molecule has 1 heterocycles. The van der Waals surface area contributed by atoms with Gasteiger partial charge < -0.3 is 23.1 Å². The Labute approximate surface area is 339 Å². The average molecular weight is 828 g/mol. The number of halogens is 1. The largest absolute Gasteiger partial charge is 0.489 e. The van der Waals surface area contributed by atoms with Gasteiger partial charge in [-0.1, -0.05) is 106 Å². The highest BCUT2D eigenvalue weighted by Crippen LogP contribution is 2.48. The second kappa shape index (κ2) is 17.7. The lowest BCUT2D eigenvalue weighted by Crippen LogP contribution is -2.61. The van der Waals surface area contributed by atoms with Crippen molar-refractivity contribution in [3.8, 4) is 16.9 Å². The van der Waals surface area contributed by atoms with E-state index < -0.39 is 44.1 Å². The fourth-order valence-electron chi connectivity index (χ4n) is 6.69. The van der Waals surface area contributed by atoms with Gasteiger partial charge in [-0.05, 0) is 89.3 Å². The number of hydrogen-bond donors (Lipinski definition) is 0. The molecular formula is C45H51FNO7PSSi. The predicted molar refractivity (Wildman–Crippen MR) is 229 cm³/mol. The molecule has 4 atom stereocenters. The van der Waals surface area contributed by atoms with Crippen LogP contribution in [0.25, 0.3) is 11.1 Å². The van der Waals surface area contributed by atoms with E-state index in [1.54, 1.807) is 29.2 Å². The number of carbonyl (C=O) groups excluding carboxylic acids is 1. The molecule has 300 valence electrons. The molecule has 57 heavy (non-hydrogen) atoms. The predicted octanol–water partition coefficient (Wildman–Crippen LogP) is 10.5. The maximum absolute atomic E-state index is 14.6.